The Bertz CT molecular complexity index is 697. The SMILES string of the molecule is CC(=O)c1ccccc1NC(=O)CN1CCC[C@@H]1c1ccsc1. The molecule has 0 saturated carbocycles. The maximum atomic E-state index is 12.4. The van der Waals surface area contributed by atoms with Crippen LogP contribution in [0.15, 0.2) is 41.1 Å². The number of benzene rings is 1. The monoisotopic (exact) mass is 328 g/mol. The van der Waals surface area contributed by atoms with E-state index in [2.05, 4.69) is 27.0 Å². The highest BCUT2D eigenvalue weighted by molar-refractivity contribution is 7.07. The molecular weight excluding hydrogens is 308 g/mol. The summed E-state index contributed by atoms with van der Waals surface area (Å²) in [6, 6.07) is 9.61. The van der Waals surface area contributed by atoms with Crippen molar-refractivity contribution in [3.63, 3.8) is 0 Å². The largest absolute Gasteiger partial charge is 0.324 e. The van der Waals surface area contributed by atoms with E-state index in [1.165, 1.54) is 12.5 Å². The fourth-order valence-electron chi connectivity index (χ4n) is 3.13. The van der Waals surface area contributed by atoms with Crippen molar-refractivity contribution >= 4 is 28.7 Å². The van der Waals surface area contributed by atoms with E-state index in [0.29, 0.717) is 23.8 Å². The van der Waals surface area contributed by atoms with E-state index in [4.69, 9.17) is 0 Å². The minimum atomic E-state index is -0.0687. The first-order chi connectivity index (χ1) is 11.1. The molecule has 1 aliphatic heterocycles. The van der Waals surface area contributed by atoms with Crippen molar-refractivity contribution in [3.05, 3.63) is 52.2 Å². The van der Waals surface area contributed by atoms with Crippen LogP contribution >= 0.6 is 11.3 Å². The van der Waals surface area contributed by atoms with Gasteiger partial charge in [-0.3, -0.25) is 14.5 Å². The number of anilines is 1. The van der Waals surface area contributed by atoms with Gasteiger partial charge in [0.2, 0.25) is 5.91 Å². The van der Waals surface area contributed by atoms with Crippen LogP contribution in [0.3, 0.4) is 0 Å². The first kappa shape index (κ1) is 15.9. The summed E-state index contributed by atoms with van der Waals surface area (Å²) in [6.45, 7) is 2.80. The van der Waals surface area contributed by atoms with E-state index < -0.39 is 0 Å². The maximum absolute atomic E-state index is 12.4. The van der Waals surface area contributed by atoms with Gasteiger partial charge in [-0.05, 0) is 60.8 Å². The van der Waals surface area contributed by atoms with Crippen LogP contribution in [0.2, 0.25) is 0 Å². The number of nitrogens with one attached hydrogen (secondary N) is 1. The number of ketones is 1. The van der Waals surface area contributed by atoms with Crippen LogP contribution in [0.5, 0.6) is 0 Å². The number of carbonyl (C=O) groups excluding carboxylic acids is 2. The lowest BCUT2D eigenvalue weighted by molar-refractivity contribution is -0.117. The summed E-state index contributed by atoms with van der Waals surface area (Å²) in [4.78, 5) is 26.3. The van der Waals surface area contributed by atoms with Crippen LogP contribution in [-0.4, -0.2) is 29.7 Å². The summed E-state index contributed by atoms with van der Waals surface area (Å²) in [5, 5.41) is 7.12. The molecule has 0 radical (unpaired) electrons. The van der Waals surface area contributed by atoms with Crippen molar-refractivity contribution in [3.8, 4) is 0 Å². The molecule has 0 spiro atoms. The zero-order valence-corrected chi connectivity index (χ0v) is 13.9. The van der Waals surface area contributed by atoms with Gasteiger partial charge < -0.3 is 5.32 Å². The van der Waals surface area contributed by atoms with Crippen LogP contribution in [0.4, 0.5) is 5.69 Å². The molecule has 4 nitrogen and oxygen atoms in total. The van der Waals surface area contributed by atoms with Gasteiger partial charge in [-0.25, -0.2) is 0 Å². The molecule has 5 heteroatoms. The van der Waals surface area contributed by atoms with E-state index in [1.54, 1.807) is 29.5 Å². The molecule has 1 atom stereocenters. The minimum absolute atomic E-state index is 0.0433. The van der Waals surface area contributed by atoms with Gasteiger partial charge in [-0.15, -0.1) is 0 Å². The number of nitrogens with zero attached hydrogens (tertiary/aromatic N) is 1. The zero-order valence-electron chi connectivity index (χ0n) is 13.1. The molecule has 1 aromatic heterocycles. The Morgan fingerprint density at radius 3 is 2.87 bits per heavy atom. The summed E-state index contributed by atoms with van der Waals surface area (Å²) in [5.41, 5.74) is 2.44. The van der Waals surface area contributed by atoms with Gasteiger partial charge >= 0.3 is 0 Å². The molecule has 0 bridgehead atoms. The fraction of sp³-hybridized carbons (Fsp3) is 0.333. The van der Waals surface area contributed by atoms with Crippen LogP contribution in [-0.2, 0) is 4.79 Å². The molecule has 0 aliphatic carbocycles. The molecule has 3 rings (SSSR count). The van der Waals surface area contributed by atoms with E-state index in [-0.39, 0.29) is 11.7 Å². The van der Waals surface area contributed by atoms with Crippen molar-refractivity contribution in [1.29, 1.82) is 0 Å². The van der Waals surface area contributed by atoms with Crippen molar-refractivity contribution < 1.29 is 9.59 Å². The highest BCUT2D eigenvalue weighted by atomic mass is 32.1. The van der Waals surface area contributed by atoms with Gasteiger partial charge in [-0.1, -0.05) is 12.1 Å². The van der Waals surface area contributed by atoms with Crippen LogP contribution in [0, 0.1) is 0 Å². The molecule has 1 amide bonds. The molecule has 2 heterocycles. The van der Waals surface area contributed by atoms with E-state index >= 15 is 0 Å². The second-order valence-electron chi connectivity index (χ2n) is 5.84. The van der Waals surface area contributed by atoms with E-state index in [1.807, 2.05) is 6.07 Å². The second kappa shape index (κ2) is 7.06. The third kappa shape index (κ3) is 3.68. The first-order valence-corrected chi connectivity index (χ1v) is 8.75. The Labute approximate surface area is 140 Å². The van der Waals surface area contributed by atoms with Gasteiger partial charge in [0.25, 0.3) is 0 Å². The number of hydrogen-bond donors (Lipinski definition) is 1. The third-order valence-corrected chi connectivity index (χ3v) is 4.92. The number of para-hydroxylation sites is 1. The average molecular weight is 328 g/mol. The molecule has 1 fully saturated rings. The number of hydrogen-bond acceptors (Lipinski definition) is 4. The lowest BCUT2D eigenvalue weighted by Gasteiger charge is -2.23. The molecule has 2 aromatic rings. The minimum Gasteiger partial charge on any atom is -0.324 e. The lowest BCUT2D eigenvalue weighted by atomic mass is 10.1. The van der Waals surface area contributed by atoms with Crippen LogP contribution in [0.1, 0.15) is 41.7 Å². The van der Waals surface area contributed by atoms with E-state index in [0.717, 1.165) is 19.4 Å². The Kier molecular flexibility index (Phi) is 4.88. The number of carbonyl (C=O) groups is 2. The van der Waals surface area contributed by atoms with E-state index in [9.17, 15) is 9.59 Å². The Balaban J connectivity index is 1.67. The predicted octanol–water partition coefficient (Wildman–Crippen LogP) is 3.73. The summed E-state index contributed by atoms with van der Waals surface area (Å²) in [6.07, 6.45) is 2.20. The fourth-order valence-corrected chi connectivity index (χ4v) is 3.84. The van der Waals surface area contributed by atoms with Gasteiger partial charge in [0, 0.05) is 11.6 Å². The van der Waals surface area contributed by atoms with Crippen molar-refractivity contribution in [2.24, 2.45) is 0 Å². The predicted molar refractivity (Wildman–Crippen MR) is 92.9 cm³/mol. The summed E-state index contributed by atoms with van der Waals surface area (Å²) >= 11 is 1.69. The zero-order chi connectivity index (χ0) is 16.2. The van der Waals surface area contributed by atoms with Gasteiger partial charge in [-0.2, -0.15) is 11.3 Å². The van der Waals surface area contributed by atoms with Crippen molar-refractivity contribution in [2.75, 3.05) is 18.4 Å². The topological polar surface area (TPSA) is 49.4 Å². The van der Waals surface area contributed by atoms with Gasteiger partial charge in [0.15, 0.2) is 5.78 Å². The quantitative estimate of drug-likeness (QED) is 0.851. The normalized spacial score (nSPS) is 18.0. The molecular formula is C18H20N2O2S. The van der Waals surface area contributed by atoms with Gasteiger partial charge in [0.1, 0.15) is 0 Å². The highest BCUT2D eigenvalue weighted by Crippen LogP contribution is 2.32. The Hall–Kier alpha value is -1.98. The highest BCUT2D eigenvalue weighted by Gasteiger charge is 2.27. The number of amides is 1. The van der Waals surface area contributed by atoms with Crippen LogP contribution < -0.4 is 5.32 Å². The smallest absolute Gasteiger partial charge is 0.238 e. The van der Waals surface area contributed by atoms with Crippen molar-refractivity contribution in [1.82, 2.24) is 4.90 Å². The maximum Gasteiger partial charge on any atom is 0.238 e. The number of likely N-dealkylation sites (tertiary alicyclic amines) is 1. The lowest BCUT2D eigenvalue weighted by Crippen LogP contribution is -2.33. The summed E-state index contributed by atoms with van der Waals surface area (Å²) < 4.78 is 0. The molecule has 23 heavy (non-hydrogen) atoms. The second-order valence-corrected chi connectivity index (χ2v) is 6.62. The Morgan fingerprint density at radius 2 is 2.13 bits per heavy atom. The summed E-state index contributed by atoms with van der Waals surface area (Å²) in [7, 11) is 0. The number of thiophene rings is 1. The molecule has 1 aromatic carbocycles. The van der Waals surface area contributed by atoms with Crippen molar-refractivity contribution in [2.45, 2.75) is 25.8 Å². The molecule has 1 saturated heterocycles. The molecule has 120 valence electrons. The molecule has 1 aliphatic rings. The molecule has 1 N–H and O–H groups in total. The third-order valence-electron chi connectivity index (χ3n) is 4.22. The van der Waals surface area contributed by atoms with Crippen LogP contribution in [0.25, 0.3) is 0 Å². The average Bonchev–Trinajstić information content (AvgIpc) is 3.18. The Morgan fingerprint density at radius 1 is 1.30 bits per heavy atom. The standard InChI is InChI=1S/C18H20N2O2S/c1-13(21)15-5-2-3-6-16(15)19-18(22)11-20-9-4-7-17(20)14-8-10-23-12-14/h2-3,5-6,8,10,12,17H,4,7,9,11H2,1H3,(H,19,22)/t17-/m1/s1. The summed E-state index contributed by atoms with van der Waals surface area (Å²) in [5.74, 6) is -0.112. The first-order valence-electron chi connectivity index (χ1n) is 7.81. The molecule has 0 unspecified atom stereocenters. The number of rotatable bonds is 5. The van der Waals surface area contributed by atoms with Gasteiger partial charge in [0.05, 0.1) is 12.2 Å². The number of Topliss-reactive ketones (excluding diaryl/α,β-unsaturated/α-hetero) is 1.